The van der Waals surface area contributed by atoms with E-state index in [4.69, 9.17) is 4.74 Å². The highest BCUT2D eigenvalue weighted by atomic mass is 16.5. The van der Waals surface area contributed by atoms with E-state index in [-0.39, 0.29) is 18.4 Å². The SMILES string of the molecule is COC(=O)C(C)N1C(=O)CN(C(=O)c2ccccc2)C1C(C)(C)C. The lowest BCUT2D eigenvalue weighted by molar-refractivity contribution is -0.153. The molecule has 6 nitrogen and oxygen atoms in total. The Bertz CT molecular complexity index is 636. The quantitative estimate of drug-likeness (QED) is 0.793. The molecule has 2 amide bonds. The van der Waals surface area contributed by atoms with Crippen LogP contribution in [0.4, 0.5) is 0 Å². The molecule has 1 aromatic rings. The molecule has 1 aliphatic heterocycles. The Balaban J connectivity index is 2.41. The summed E-state index contributed by atoms with van der Waals surface area (Å²) < 4.78 is 4.78. The highest BCUT2D eigenvalue weighted by Crippen LogP contribution is 2.34. The summed E-state index contributed by atoms with van der Waals surface area (Å²) in [5.74, 6) is -0.966. The third-order valence-electron chi connectivity index (χ3n) is 4.17. The van der Waals surface area contributed by atoms with Crippen LogP contribution in [-0.4, -0.2) is 53.4 Å². The molecule has 1 saturated heterocycles. The first-order valence-corrected chi connectivity index (χ1v) is 7.93. The maximum Gasteiger partial charge on any atom is 0.328 e. The summed E-state index contributed by atoms with van der Waals surface area (Å²) in [6.45, 7) is 7.41. The zero-order valence-corrected chi connectivity index (χ0v) is 14.8. The molecule has 1 fully saturated rings. The lowest BCUT2D eigenvalue weighted by Gasteiger charge is -2.41. The van der Waals surface area contributed by atoms with Crippen LogP contribution < -0.4 is 0 Å². The van der Waals surface area contributed by atoms with E-state index in [2.05, 4.69) is 0 Å². The van der Waals surface area contributed by atoms with E-state index >= 15 is 0 Å². The number of benzene rings is 1. The Morgan fingerprint density at radius 1 is 1.21 bits per heavy atom. The van der Waals surface area contributed by atoms with Gasteiger partial charge in [0.25, 0.3) is 5.91 Å². The van der Waals surface area contributed by atoms with Gasteiger partial charge in [0, 0.05) is 11.0 Å². The summed E-state index contributed by atoms with van der Waals surface area (Å²) in [6, 6.07) is 8.09. The van der Waals surface area contributed by atoms with Crippen LogP contribution in [0.1, 0.15) is 38.1 Å². The van der Waals surface area contributed by atoms with E-state index in [1.54, 1.807) is 31.2 Å². The molecule has 0 aliphatic carbocycles. The molecule has 1 aliphatic rings. The summed E-state index contributed by atoms with van der Waals surface area (Å²) in [5.41, 5.74) is 0.103. The fraction of sp³-hybridized carbons (Fsp3) is 0.500. The molecule has 1 heterocycles. The van der Waals surface area contributed by atoms with Gasteiger partial charge in [-0.25, -0.2) is 4.79 Å². The van der Waals surface area contributed by atoms with E-state index in [1.807, 2.05) is 26.8 Å². The van der Waals surface area contributed by atoms with Gasteiger partial charge in [-0.3, -0.25) is 9.59 Å². The largest absolute Gasteiger partial charge is 0.467 e. The first kappa shape index (κ1) is 18.0. The molecule has 0 spiro atoms. The van der Waals surface area contributed by atoms with Crippen LogP contribution in [0.5, 0.6) is 0 Å². The number of esters is 1. The van der Waals surface area contributed by atoms with Crippen molar-refractivity contribution in [3.63, 3.8) is 0 Å². The van der Waals surface area contributed by atoms with Gasteiger partial charge in [0.05, 0.1) is 7.11 Å². The fourth-order valence-electron chi connectivity index (χ4n) is 3.13. The first-order chi connectivity index (χ1) is 11.2. The topological polar surface area (TPSA) is 66.9 Å². The van der Waals surface area contributed by atoms with Crippen molar-refractivity contribution in [3.8, 4) is 0 Å². The van der Waals surface area contributed by atoms with Crippen molar-refractivity contribution in [2.24, 2.45) is 5.41 Å². The van der Waals surface area contributed by atoms with Crippen LogP contribution in [0.3, 0.4) is 0 Å². The normalized spacial score (nSPS) is 19.4. The highest BCUT2D eigenvalue weighted by Gasteiger charge is 2.49. The average Bonchev–Trinajstić information content (AvgIpc) is 2.91. The van der Waals surface area contributed by atoms with Crippen molar-refractivity contribution in [3.05, 3.63) is 35.9 Å². The summed E-state index contributed by atoms with van der Waals surface area (Å²) >= 11 is 0. The Morgan fingerprint density at radius 2 is 1.79 bits per heavy atom. The van der Waals surface area contributed by atoms with E-state index in [0.29, 0.717) is 5.56 Å². The number of carbonyl (C=O) groups excluding carboxylic acids is 3. The summed E-state index contributed by atoms with van der Waals surface area (Å²) in [7, 11) is 1.29. The van der Waals surface area contributed by atoms with E-state index in [9.17, 15) is 14.4 Å². The number of amides is 2. The van der Waals surface area contributed by atoms with Crippen molar-refractivity contribution < 1.29 is 19.1 Å². The fourth-order valence-corrected chi connectivity index (χ4v) is 3.13. The lowest BCUT2D eigenvalue weighted by atomic mass is 9.90. The molecule has 1 aromatic carbocycles. The summed E-state index contributed by atoms with van der Waals surface area (Å²) in [4.78, 5) is 40.4. The predicted octanol–water partition coefficient (Wildman–Crippen LogP) is 1.90. The van der Waals surface area contributed by atoms with Gasteiger partial charge in [0.15, 0.2) is 0 Å². The molecule has 6 heteroatoms. The Morgan fingerprint density at radius 3 is 2.29 bits per heavy atom. The van der Waals surface area contributed by atoms with Crippen LogP contribution in [0.2, 0.25) is 0 Å². The minimum absolute atomic E-state index is 0.0446. The Kier molecular flexibility index (Phi) is 4.96. The van der Waals surface area contributed by atoms with Crippen LogP contribution >= 0.6 is 0 Å². The number of carbonyl (C=O) groups is 3. The summed E-state index contributed by atoms with van der Waals surface area (Å²) in [5, 5.41) is 0. The van der Waals surface area contributed by atoms with Gasteiger partial charge in [-0.05, 0) is 19.1 Å². The van der Waals surface area contributed by atoms with Crippen molar-refractivity contribution in [2.45, 2.75) is 39.9 Å². The van der Waals surface area contributed by atoms with Crippen molar-refractivity contribution >= 4 is 17.8 Å². The molecule has 0 radical (unpaired) electrons. The number of hydrogen-bond donors (Lipinski definition) is 0. The molecule has 0 bridgehead atoms. The Labute approximate surface area is 142 Å². The number of methoxy groups -OCH3 is 1. The second kappa shape index (κ2) is 6.63. The molecule has 2 unspecified atom stereocenters. The molecule has 0 saturated carbocycles. The molecule has 0 N–H and O–H groups in total. The average molecular weight is 332 g/mol. The van der Waals surface area contributed by atoms with Gasteiger partial charge in [0.1, 0.15) is 18.8 Å². The summed E-state index contributed by atoms with van der Waals surface area (Å²) in [6.07, 6.45) is -0.521. The van der Waals surface area contributed by atoms with Gasteiger partial charge in [-0.1, -0.05) is 39.0 Å². The number of rotatable bonds is 3. The van der Waals surface area contributed by atoms with Crippen molar-refractivity contribution in [2.75, 3.05) is 13.7 Å². The number of nitrogens with zero attached hydrogens (tertiary/aromatic N) is 2. The molecule has 0 aromatic heterocycles. The molecular formula is C18H24N2O4. The number of ether oxygens (including phenoxy) is 1. The van der Waals surface area contributed by atoms with Gasteiger partial charge in [-0.2, -0.15) is 0 Å². The predicted molar refractivity (Wildman–Crippen MR) is 89.0 cm³/mol. The maximum atomic E-state index is 12.9. The van der Waals surface area contributed by atoms with Gasteiger partial charge >= 0.3 is 5.97 Å². The zero-order valence-electron chi connectivity index (χ0n) is 14.8. The molecule has 2 atom stereocenters. The molecule has 2 rings (SSSR count). The van der Waals surface area contributed by atoms with Crippen LogP contribution in [0.25, 0.3) is 0 Å². The van der Waals surface area contributed by atoms with E-state index in [1.165, 1.54) is 16.9 Å². The number of hydrogen-bond acceptors (Lipinski definition) is 4. The van der Waals surface area contributed by atoms with Crippen molar-refractivity contribution in [1.29, 1.82) is 0 Å². The standard InChI is InChI=1S/C18H24N2O4/c1-12(16(23)24-5)20-14(21)11-19(17(20)18(2,3)4)15(22)13-9-7-6-8-10-13/h6-10,12,17H,11H2,1-5H3. The second-order valence-electron chi connectivity index (χ2n) is 7.04. The van der Waals surface area contributed by atoms with Gasteiger partial charge < -0.3 is 14.5 Å². The van der Waals surface area contributed by atoms with Crippen LogP contribution in [0.15, 0.2) is 30.3 Å². The molecule has 130 valence electrons. The second-order valence-corrected chi connectivity index (χ2v) is 7.04. The third kappa shape index (κ3) is 3.27. The first-order valence-electron chi connectivity index (χ1n) is 7.93. The maximum absolute atomic E-state index is 12.9. The Hall–Kier alpha value is -2.37. The third-order valence-corrected chi connectivity index (χ3v) is 4.17. The van der Waals surface area contributed by atoms with Gasteiger partial charge in [0.2, 0.25) is 5.91 Å². The minimum Gasteiger partial charge on any atom is -0.467 e. The molecule has 24 heavy (non-hydrogen) atoms. The highest BCUT2D eigenvalue weighted by molar-refractivity contribution is 5.99. The van der Waals surface area contributed by atoms with Crippen molar-refractivity contribution in [1.82, 2.24) is 9.80 Å². The van der Waals surface area contributed by atoms with E-state index < -0.39 is 23.6 Å². The van der Waals surface area contributed by atoms with Crippen LogP contribution in [-0.2, 0) is 14.3 Å². The van der Waals surface area contributed by atoms with E-state index in [0.717, 1.165) is 0 Å². The zero-order chi connectivity index (χ0) is 18.1. The van der Waals surface area contributed by atoms with Gasteiger partial charge in [-0.15, -0.1) is 0 Å². The smallest absolute Gasteiger partial charge is 0.328 e. The monoisotopic (exact) mass is 332 g/mol. The minimum atomic E-state index is -0.750. The molecular weight excluding hydrogens is 308 g/mol. The lowest BCUT2D eigenvalue weighted by Crippen LogP contribution is -2.55. The van der Waals surface area contributed by atoms with Crippen LogP contribution in [0, 0.1) is 5.41 Å².